The van der Waals surface area contributed by atoms with Gasteiger partial charge in [0.05, 0.1) is 29.3 Å². The van der Waals surface area contributed by atoms with E-state index in [1.165, 1.54) is 6.20 Å². The Morgan fingerprint density at radius 1 is 1.25 bits per heavy atom. The van der Waals surface area contributed by atoms with Crippen LogP contribution >= 0.6 is 15.9 Å². The molecule has 3 aromatic rings. The van der Waals surface area contributed by atoms with Crippen LogP contribution in [0.5, 0.6) is 0 Å². The minimum absolute atomic E-state index is 0.284. The first kappa shape index (κ1) is 19.8. The van der Waals surface area contributed by atoms with Crippen LogP contribution in [-0.4, -0.2) is 17.6 Å². The highest BCUT2D eigenvalue weighted by Crippen LogP contribution is 2.32. The van der Waals surface area contributed by atoms with E-state index in [2.05, 4.69) is 32.3 Å². The van der Waals surface area contributed by atoms with Gasteiger partial charge in [-0.1, -0.05) is 28.1 Å². The smallest absolute Gasteiger partial charge is 0.341 e. The van der Waals surface area contributed by atoms with Gasteiger partial charge in [-0.3, -0.25) is 4.98 Å². The molecule has 0 atom stereocenters. The molecule has 0 saturated carbocycles. The van der Waals surface area contributed by atoms with Crippen LogP contribution < -0.4 is 5.32 Å². The number of rotatable bonds is 5. The van der Waals surface area contributed by atoms with Crippen molar-refractivity contribution < 1.29 is 9.53 Å². The molecule has 1 heterocycles. The summed E-state index contributed by atoms with van der Waals surface area (Å²) in [7, 11) is 0. The molecule has 0 bridgehead atoms. The number of nitrogens with zero attached hydrogens (tertiary/aromatic N) is 2. The average Bonchev–Trinajstić information content (AvgIpc) is 2.69. The summed E-state index contributed by atoms with van der Waals surface area (Å²) in [6, 6.07) is 15.6. The number of hydrogen-bond donors (Lipinski definition) is 1. The standard InChI is InChI=1S/C22H20BrN3O2/c1-4-28-21(27)18-12-25-19-10-7-15(23)11-17(19)20(18)26-16-8-5-14(6-9-16)22(2,3)13-24/h5-12H,4H2,1-3H3,(H,25,26). The Labute approximate surface area is 172 Å². The third-order valence-electron chi connectivity index (χ3n) is 4.48. The lowest BCUT2D eigenvalue weighted by Gasteiger charge is -2.17. The van der Waals surface area contributed by atoms with Crippen molar-refractivity contribution in [2.75, 3.05) is 11.9 Å². The molecule has 2 aromatic carbocycles. The first-order valence-electron chi connectivity index (χ1n) is 8.90. The molecule has 0 spiro atoms. The van der Waals surface area contributed by atoms with Crippen LogP contribution in [0.3, 0.4) is 0 Å². The molecule has 3 rings (SSSR count). The number of aromatic nitrogens is 1. The topological polar surface area (TPSA) is 75.0 Å². The quantitative estimate of drug-likeness (QED) is 0.516. The summed E-state index contributed by atoms with van der Waals surface area (Å²) in [5.41, 5.74) is 2.93. The molecular weight excluding hydrogens is 418 g/mol. The molecule has 0 amide bonds. The first-order chi connectivity index (χ1) is 13.4. The van der Waals surface area contributed by atoms with Gasteiger partial charge in [0.15, 0.2) is 0 Å². The zero-order valence-electron chi connectivity index (χ0n) is 15.9. The molecule has 1 N–H and O–H groups in total. The summed E-state index contributed by atoms with van der Waals surface area (Å²) in [5, 5.41) is 13.5. The van der Waals surface area contributed by atoms with Gasteiger partial charge in [0, 0.05) is 21.7 Å². The molecule has 0 radical (unpaired) electrons. The number of pyridine rings is 1. The van der Waals surface area contributed by atoms with Crippen LogP contribution in [0.15, 0.2) is 53.1 Å². The van der Waals surface area contributed by atoms with Gasteiger partial charge >= 0.3 is 5.97 Å². The van der Waals surface area contributed by atoms with Crippen LogP contribution in [0.4, 0.5) is 11.4 Å². The maximum Gasteiger partial charge on any atom is 0.341 e. The number of halogens is 1. The number of anilines is 2. The lowest BCUT2D eigenvalue weighted by molar-refractivity contribution is 0.0527. The molecule has 0 fully saturated rings. The summed E-state index contributed by atoms with van der Waals surface area (Å²) in [6.07, 6.45) is 1.53. The van der Waals surface area contributed by atoms with E-state index < -0.39 is 11.4 Å². The third-order valence-corrected chi connectivity index (χ3v) is 4.97. The molecule has 28 heavy (non-hydrogen) atoms. The number of carbonyl (C=O) groups is 1. The van der Waals surface area contributed by atoms with Crippen molar-refractivity contribution in [3.63, 3.8) is 0 Å². The minimum atomic E-state index is -0.567. The number of benzene rings is 2. The summed E-state index contributed by atoms with van der Waals surface area (Å²) in [6.45, 7) is 5.81. The summed E-state index contributed by atoms with van der Waals surface area (Å²) >= 11 is 3.48. The first-order valence-corrected chi connectivity index (χ1v) is 9.69. The van der Waals surface area contributed by atoms with E-state index in [0.29, 0.717) is 11.3 Å². The molecule has 142 valence electrons. The largest absolute Gasteiger partial charge is 0.462 e. The second-order valence-electron chi connectivity index (χ2n) is 6.87. The van der Waals surface area contributed by atoms with Gasteiger partial charge < -0.3 is 10.1 Å². The normalized spacial score (nSPS) is 11.1. The van der Waals surface area contributed by atoms with E-state index in [1.54, 1.807) is 6.92 Å². The van der Waals surface area contributed by atoms with Crippen molar-refractivity contribution in [2.24, 2.45) is 0 Å². The Morgan fingerprint density at radius 2 is 1.96 bits per heavy atom. The number of ether oxygens (including phenoxy) is 1. The number of carbonyl (C=O) groups excluding carboxylic acids is 1. The molecule has 0 saturated heterocycles. The maximum atomic E-state index is 12.5. The van der Waals surface area contributed by atoms with Crippen molar-refractivity contribution in [3.05, 3.63) is 64.3 Å². The van der Waals surface area contributed by atoms with E-state index in [-0.39, 0.29) is 6.61 Å². The lowest BCUT2D eigenvalue weighted by Crippen LogP contribution is -2.13. The molecule has 5 nitrogen and oxygen atoms in total. The highest BCUT2D eigenvalue weighted by atomic mass is 79.9. The second kappa shape index (κ2) is 7.99. The Balaban J connectivity index is 2.08. The SMILES string of the molecule is CCOC(=O)c1cnc2ccc(Br)cc2c1Nc1ccc(C(C)(C)C#N)cc1. The van der Waals surface area contributed by atoms with E-state index in [0.717, 1.165) is 26.6 Å². The third kappa shape index (κ3) is 4.00. The maximum absolute atomic E-state index is 12.5. The van der Waals surface area contributed by atoms with Gasteiger partial charge in [0.25, 0.3) is 0 Å². The van der Waals surface area contributed by atoms with Gasteiger partial charge in [-0.15, -0.1) is 0 Å². The van der Waals surface area contributed by atoms with Crippen molar-refractivity contribution in [2.45, 2.75) is 26.2 Å². The van der Waals surface area contributed by atoms with Gasteiger partial charge in [0.2, 0.25) is 0 Å². The second-order valence-corrected chi connectivity index (χ2v) is 7.78. The van der Waals surface area contributed by atoms with Crippen LogP contribution in [-0.2, 0) is 10.2 Å². The summed E-state index contributed by atoms with van der Waals surface area (Å²) in [4.78, 5) is 16.8. The number of fused-ring (bicyclic) bond motifs is 1. The van der Waals surface area contributed by atoms with Crippen LogP contribution in [0.1, 0.15) is 36.7 Å². The Bertz CT molecular complexity index is 1070. The minimum Gasteiger partial charge on any atom is -0.462 e. The van der Waals surface area contributed by atoms with Crippen molar-refractivity contribution >= 4 is 44.2 Å². The zero-order chi connectivity index (χ0) is 20.3. The van der Waals surface area contributed by atoms with Crippen LogP contribution in [0.2, 0.25) is 0 Å². The van der Waals surface area contributed by atoms with Gasteiger partial charge in [-0.25, -0.2) is 4.79 Å². The molecule has 0 aliphatic heterocycles. The van der Waals surface area contributed by atoms with E-state index in [9.17, 15) is 10.1 Å². The molecule has 0 aliphatic rings. The number of hydrogen-bond acceptors (Lipinski definition) is 5. The van der Waals surface area contributed by atoms with Gasteiger partial charge in [-0.2, -0.15) is 5.26 Å². The predicted molar refractivity (Wildman–Crippen MR) is 114 cm³/mol. The summed E-state index contributed by atoms with van der Waals surface area (Å²) < 4.78 is 6.08. The van der Waals surface area contributed by atoms with Crippen molar-refractivity contribution in [1.29, 1.82) is 5.26 Å². The van der Waals surface area contributed by atoms with Crippen molar-refractivity contribution in [1.82, 2.24) is 4.98 Å². The van der Waals surface area contributed by atoms with Crippen LogP contribution in [0, 0.1) is 11.3 Å². The number of esters is 1. The van der Waals surface area contributed by atoms with Gasteiger partial charge in [-0.05, 0) is 56.7 Å². The fraction of sp³-hybridized carbons (Fsp3) is 0.227. The van der Waals surface area contributed by atoms with E-state index in [1.807, 2.05) is 56.3 Å². The lowest BCUT2D eigenvalue weighted by atomic mass is 9.86. The Kier molecular flexibility index (Phi) is 5.66. The summed E-state index contributed by atoms with van der Waals surface area (Å²) in [5.74, 6) is -0.429. The van der Waals surface area contributed by atoms with E-state index >= 15 is 0 Å². The fourth-order valence-electron chi connectivity index (χ4n) is 2.84. The average molecular weight is 438 g/mol. The Morgan fingerprint density at radius 3 is 2.61 bits per heavy atom. The van der Waals surface area contributed by atoms with E-state index in [4.69, 9.17) is 4.74 Å². The monoisotopic (exact) mass is 437 g/mol. The molecular formula is C22H20BrN3O2. The van der Waals surface area contributed by atoms with Gasteiger partial charge in [0.1, 0.15) is 5.56 Å². The predicted octanol–water partition coefficient (Wildman–Crippen LogP) is 5.72. The zero-order valence-corrected chi connectivity index (χ0v) is 17.5. The molecule has 0 unspecified atom stereocenters. The molecule has 0 aliphatic carbocycles. The molecule has 1 aromatic heterocycles. The fourth-order valence-corrected chi connectivity index (χ4v) is 3.20. The number of nitrogens with one attached hydrogen (secondary N) is 1. The van der Waals surface area contributed by atoms with Crippen molar-refractivity contribution in [3.8, 4) is 6.07 Å². The highest BCUT2D eigenvalue weighted by molar-refractivity contribution is 9.10. The number of nitriles is 1. The van der Waals surface area contributed by atoms with Crippen LogP contribution in [0.25, 0.3) is 10.9 Å². The Hall–Kier alpha value is -2.91. The molecule has 6 heteroatoms. The highest BCUT2D eigenvalue weighted by Gasteiger charge is 2.20.